The molecule has 0 saturated heterocycles. The fraction of sp³-hybridized carbons (Fsp3) is 0.286. The molecule has 1 aliphatic carbocycles. The zero-order valence-corrected chi connectivity index (χ0v) is 16.9. The Bertz CT molecular complexity index is 1010. The number of Topliss-reactive ketones (excluding diaryl/α,β-unsaturated/α-hetero) is 1. The Morgan fingerprint density at radius 3 is 2.70 bits per heavy atom. The number of benzene rings is 1. The molecule has 1 N–H and O–H groups in total. The number of hydrogen-bond acceptors (Lipinski definition) is 5. The smallest absolute Gasteiger partial charge is 0.258 e. The molecule has 0 bridgehead atoms. The Morgan fingerprint density at radius 1 is 1.15 bits per heavy atom. The van der Waals surface area contributed by atoms with E-state index >= 15 is 0 Å². The number of thiophene rings is 1. The minimum Gasteiger partial charge on any atom is -0.298 e. The third-order valence-corrected chi connectivity index (χ3v) is 7.15. The maximum Gasteiger partial charge on any atom is 0.258 e. The first kappa shape index (κ1) is 18.1. The summed E-state index contributed by atoms with van der Waals surface area (Å²) >= 11 is 3.16. The van der Waals surface area contributed by atoms with Gasteiger partial charge in [-0.1, -0.05) is 31.2 Å². The summed E-state index contributed by atoms with van der Waals surface area (Å²) in [6.07, 6.45) is 4.00. The third-order valence-electron chi connectivity index (χ3n) is 4.76. The largest absolute Gasteiger partial charge is 0.298 e. The highest BCUT2D eigenvalue weighted by atomic mass is 32.1. The van der Waals surface area contributed by atoms with Gasteiger partial charge in [0.2, 0.25) is 0 Å². The van der Waals surface area contributed by atoms with Crippen molar-refractivity contribution in [2.75, 3.05) is 5.32 Å². The fourth-order valence-electron chi connectivity index (χ4n) is 3.43. The minimum absolute atomic E-state index is 0.0281. The van der Waals surface area contributed by atoms with Gasteiger partial charge in [-0.15, -0.1) is 22.7 Å². The molecule has 0 saturated carbocycles. The fourth-order valence-corrected chi connectivity index (χ4v) is 5.61. The van der Waals surface area contributed by atoms with Gasteiger partial charge in [0.25, 0.3) is 5.91 Å². The second kappa shape index (κ2) is 7.37. The molecule has 1 aliphatic rings. The summed E-state index contributed by atoms with van der Waals surface area (Å²) in [6.45, 7) is 3.61. The maximum absolute atomic E-state index is 12.9. The standard InChI is InChI=1S/C21H20N2O2S2/c1-3-17-15(20(25)23-21-22-16-9-6-10-18(16)27-21)11-19(26-17)14-8-5-4-7-13(14)12(2)24/h4-5,7-8,11H,3,6,9-10H2,1-2H3,(H,22,23,25). The Hall–Kier alpha value is -2.31. The molecular weight excluding hydrogens is 376 g/mol. The number of fused-ring (bicyclic) bond motifs is 1. The first-order valence-corrected chi connectivity index (χ1v) is 10.7. The Balaban J connectivity index is 1.65. The number of aromatic nitrogens is 1. The molecule has 0 spiro atoms. The second-order valence-corrected chi connectivity index (χ2v) is 8.82. The zero-order valence-electron chi connectivity index (χ0n) is 15.3. The van der Waals surface area contributed by atoms with Crippen LogP contribution in [0.2, 0.25) is 0 Å². The number of ketones is 1. The second-order valence-electron chi connectivity index (χ2n) is 6.60. The van der Waals surface area contributed by atoms with Crippen LogP contribution in [0.4, 0.5) is 5.13 Å². The van der Waals surface area contributed by atoms with E-state index in [4.69, 9.17) is 0 Å². The topological polar surface area (TPSA) is 59.1 Å². The summed E-state index contributed by atoms with van der Waals surface area (Å²) in [7, 11) is 0. The number of anilines is 1. The Morgan fingerprint density at radius 2 is 1.96 bits per heavy atom. The molecule has 4 nitrogen and oxygen atoms in total. The van der Waals surface area contributed by atoms with Crippen molar-refractivity contribution in [3.63, 3.8) is 0 Å². The van der Waals surface area contributed by atoms with E-state index in [-0.39, 0.29) is 11.7 Å². The summed E-state index contributed by atoms with van der Waals surface area (Å²) in [5, 5.41) is 3.66. The molecule has 3 aromatic rings. The number of thiazole rings is 1. The van der Waals surface area contributed by atoms with Gasteiger partial charge in [-0.3, -0.25) is 14.9 Å². The molecule has 1 aromatic carbocycles. The minimum atomic E-state index is -0.123. The molecule has 6 heteroatoms. The van der Waals surface area contributed by atoms with Crippen LogP contribution in [0.25, 0.3) is 10.4 Å². The van der Waals surface area contributed by atoms with Gasteiger partial charge in [0.05, 0.1) is 11.3 Å². The lowest BCUT2D eigenvalue weighted by molar-refractivity contribution is 0.101. The van der Waals surface area contributed by atoms with Gasteiger partial charge < -0.3 is 0 Å². The van der Waals surface area contributed by atoms with Crippen LogP contribution in [0.15, 0.2) is 30.3 Å². The molecule has 4 rings (SSSR count). The van der Waals surface area contributed by atoms with Crippen molar-refractivity contribution >= 4 is 39.5 Å². The first-order chi connectivity index (χ1) is 13.1. The van der Waals surface area contributed by atoms with Crippen molar-refractivity contribution in [2.24, 2.45) is 0 Å². The molecule has 2 heterocycles. The average Bonchev–Trinajstić information content (AvgIpc) is 3.35. The van der Waals surface area contributed by atoms with Gasteiger partial charge in [0.1, 0.15) is 0 Å². The van der Waals surface area contributed by atoms with Gasteiger partial charge in [-0.2, -0.15) is 0 Å². The molecule has 138 valence electrons. The van der Waals surface area contributed by atoms with Crippen molar-refractivity contribution in [1.29, 1.82) is 0 Å². The van der Waals surface area contributed by atoms with Crippen LogP contribution in [-0.4, -0.2) is 16.7 Å². The molecule has 0 radical (unpaired) electrons. The number of carbonyl (C=O) groups excluding carboxylic acids is 2. The molecule has 27 heavy (non-hydrogen) atoms. The number of nitrogens with one attached hydrogen (secondary N) is 1. The summed E-state index contributed by atoms with van der Waals surface area (Å²) < 4.78 is 0. The first-order valence-electron chi connectivity index (χ1n) is 9.09. The van der Waals surface area contributed by atoms with Crippen LogP contribution in [0, 0.1) is 0 Å². The van der Waals surface area contributed by atoms with Gasteiger partial charge in [-0.25, -0.2) is 4.98 Å². The molecule has 0 aliphatic heterocycles. The van der Waals surface area contributed by atoms with Gasteiger partial charge >= 0.3 is 0 Å². The Kier molecular flexibility index (Phi) is 4.93. The molecule has 0 fully saturated rings. The molecule has 0 atom stereocenters. The monoisotopic (exact) mass is 396 g/mol. The Labute approximate surface area is 166 Å². The number of carbonyl (C=O) groups is 2. The lowest BCUT2D eigenvalue weighted by atomic mass is 10.0. The summed E-state index contributed by atoms with van der Waals surface area (Å²) in [5.41, 5.74) is 3.38. The predicted octanol–water partition coefficient (Wildman–Crippen LogP) is 5.38. The van der Waals surface area contributed by atoms with E-state index in [9.17, 15) is 9.59 Å². The molecular formula is C21H20N2O2S2. The van der Waals surface area contributed by atoms with E-state index in [2.05, 4.69) is 10.3 Å². The van der Waals surface area contributed by atoms with Crippen molar-refractivity contribution in [3.8, 4) is 10.4 Å². The van der Waals surface area contributed by atoms with E-state index in [1.165, 1.54) is 4.88 Å². The van der Waals surface area contributed by atoms with E-state index in [0.717, 1.165) is 46.7 Å². The van der Waals surface area contributed by atoms with E-state index in [1.54, 1.807) is 29.6 Å². The van der Waals surface area contributed by atoms with Crippen molar-refractivity contribution < 1.29 is 9.59 Å². The number of nitrogens with zero attached hydrogens (tertiary/aromatic N) is 1. The number of amides is 1. The van der Waals surface area contributed by atoms with Gasteiger partial charge in [-0.05, 0) is 38.7 Å². The number of hydrogen-bond donors (Lipinski definition) is 1. The highest BCUT2D eigenvalue weighted by Crippen LogP contribution is 2.35. The molecule has 1 amide bonds. The molecule has 0 unspecified atom stereocenters. The quantitative estimate of drug-likeness (QED) is 0.589. The normalized spacial score (nSPS) is 12.8. The summed E-state index contributed by atoms with van der Waals surface area (Å²) in [5.74, 6) is -0.0950. The van der Waals surface area contributed by atoms with Crippen molar-refractivity contribution in [2.45, 2.75) is 39.5 Å². The van der Waals surface area contributed by atoms with Crippen molar-refractivity contribution in [3.05, 3.63) is 56.9 Å². The molecule has 2 aromatic heterocycles. The van der Waals surface area contributed by atoms with Crippen LogP contribution < -0.4 is 5.32 Å². The maximum atomic E-state index is 12.9. The summed E-state index contributed by atoms with van der Waals surface area (Å²) in [6, 6.07) is 9.46. The van der Waals surface area contributed by atoms with Crippen LogP contribution in [0.1, 0.15) is 56.4 Å². The highest BCUT2D eigenvalue weighted by Gasteiger charge is 2.21. The van der Waals surface area contributed by atoms with E-state index in [1.807, 2.05) is 37.3 Å². The summed E-state index contributed by atoms with van der Waals surface area (Å²) in [4.78, 5) is 32.7. The van der Waals surface area contributed by atoms with Crippen LogP contribution in [-0.2, 0) is 19.3 Å². The number of aryl methyl sites for hydroxylation is 3. The van der Waals surface area contributed by atoms with Crippen molar-refractivity contribution in [1.82, 2.24) is 4.98 Å². The SMILES string of the molecule is CCc1sc(-c2ccccc2C(C)=O)cc1C(=O)Nc1nc2c(s1)CCC2. The highest BCUT2D eigenvalue weighted by molar-refractivity contribution is 7.16. The lowest BCUT2D eigenvalue weighted by Crippen LogP contribution is -2.12. The van der Waals surface area contributed by atoms with E-state index < -0.39 is 0 Å². The van der Waals surface area contributed by atoms with E-state index in [0.29, 0.717) is 16.3 Å². The predicted molar refractivity (Wildman–Crippen MR) is 111 cm³/mol. The number of rotatable bonds is 5. The third kappa shape index (κ3) is 3.47. The van der Waals surface area contributed by atoms with Crippen LogP contribution in [0.3, 0.4) is 0 Å². The average molecular weight is 397 g/mol. The zero-order chi connectivity index (χ0) is 19.0. The van der Waals surface area contributed by atoms with Crippen LogP contribution >= 0.6 is 22.7 Å². The van der Waals surface area contributed by atoms with Gasteiger partial charge in [0, 0.05) is 25.8 Å². The van der Waals surface area contributed by atoms with Gasteiger partial charge in [0.15, 0.2) is 10.9 Å². The van der Waals surface area contributed by atoms with Crippen LogP contribution in [0.5, 0.6) is 0 Å². The lowest BCUT2D eigenvalue weighted by Gasteiger charge is -2.03.